The minimum absolute atomic E-state index is 0.167. The van der Waals surface area contributed by atoms with Crippen molar-refractivity contribution in [2.45, 2.75) is 13.8 Å². The van der Waals surface area contributed by atoms with Gasteiger partial charge in [-0.05, 0) is 13.8 Å². The largest absolute Gasteiger partial charge is 0.314 e. The molecule has 0 aliphatic carbocycles. The summed E-state index contributed by atoms with van der Waals surface area (Å²) in [6.45, 7) is 5.56. The van der Waals surface area contributed by atoms with Crippen LogP contribution in [0.2, 0.25) is 0 Å². The predicted molar refractivity (Wildman–Crippen MR) is 29.2 cm³/mol. The lowest BCUT2D eigenvalue weighted by molar-refractivity contribution is -0.114. The van der Waals surface area contributed by atoms with E-state index in [1.165, 1.54) is 26.9 Å². The predicted octanol–water partition coefficient (Wildman–Crippen LogP) is 0.185. The van der Waals surface area contributed by atoms with Gasteiger partial charge in [0.05, 0.1) is 0 Å². The van der Waals surface area contributed by atoms with E-state index in [1.54, 1.807) is 0 Å². The molecule has 0 atom stereocenters. The van der Waals surface area contributed by atoms with Gasteiger partial charge >= 0.3 is 0 Å². The standard InChI is InChI=1S/C3H6O.C2H5N/c1-3(2)4;1-2-3-1/h1-2H3;3H,1-2H2. The van der Waals surface area contributed by atoms with E-state index < -0.39 is 0 Å². The van der Waals surface area contributed by atoms with Crippen LogP contribution in [-0.4, -0.2) is 18.9 Å². The van der Waals surface area contributed by atoms with Gasteiger partial charge in [0, 0.05) is 13.1 Å². The highest BCUT2D eigenvalue weighted by atomic mass is 16.1. The van der Waals surface area contributed by atoms with Gasteiger partial charge in [-0.25, -0.2) is 0 Å². The van der Waals surface area contributed by atoms with Crippen LogP contribution in [0.4, 0.5) is 0 Å². The van der Waals surface area contributed by atoms with Gasteiger partial charge in [-0.2, -0.15) is 0 Å². The number of nitrogens with one attached hydrogen (secondary N) is 1. The Balaban J connectivity index is 0.000000105. The number of hydrogen-bond donors (Lipinski definition) is 1. The summed E-state index contributed by atoms with van der Waals surface area (Å²) in [7, 11) is 0. The highest BCUT2D eigenvalue weighted by molar-refractivity contribution is 5.72. The molecule has 0 bridgehead atoms. The summed E-state index contributed by atoms with van der Waals surface area (Å²) in [6.07, 6.45) is 0. The third-order valence-corrected chi connectivity index (χ3v) is 0.250. The molecule has 0 aromatic heterocycles. The lowest BCUT2D eigenvalue weighted by Crippen LogP contribution is -1.69. The van der Waals surface area contributed by atoms with Crippen LogP contribution in [0.25, 0.3) is 0 Å². The maximum atomic E-state index is 9.44. The summed E-state index contributed by atoms with van der Waals surface area (Å²) in [5.74, 6) is 0.167. The first kappa shape index (κ1) is 6.63. The van der Waals surface area contributed by atoms with Crippen LogP contribution in [0.3, 0.4) is 0 Å². The third kappa shape index (κ3) is 187. The molecule has 0 radical (unpaired) electrons. The molecule has 2 nitrogen and oxygen atoms in total. The van der Waals surface area contributed by atoms with Crippen molar-refractivity contribution in [3.63, 3.8) is 0 Å². The first-order valence-corrected chi connectivity index (χ1v) is 2.41. The van der Waals surface area contributed by atoms with Crippen molar-refractivity contribution in [1.82, 2.24) is 5.32 Å². The van der Waals surface area contributed by atoms with Crippen LogP contribution in [0.15, 0.2) is 0 Å². The first-order valence-electron chi connectivity index (χ1n) is 2.41. The van der Waals surface area contributed by atoms with Crippen molar-refractivity contribution in [2.75, 3.05) is 13.1 Å². The molecule has 0 unspecified atom stereocenters. The average molecular weight is 101 g/mol. The zero-order valence-corrected chi connectivity index (χ0v) is 4.82. The summed E-state index contributed by atoms with van der Waals surface area (Å²) in [5.41, 5.74) is 0. The number of rotatable bonds is 0. The fourth-order valence-electron chi connectivity index (χ4n) is 0. The highest BCUT2D eigenvalue weighted by Gasteiger charge is 1.91. The van der Waals surface area contributed by atoms with Gasteiger partial charge in [0.25, 0.3) is 0 Å². The highest BCUT2D eigenvalue weighted by Crippen LogP contribution is 1.65. The second-order valence-electron chi connectivity index (χ2n) is 1.66. The summed E-state index contributed by atoms with van der Waals surface area (Å²) < 4.78 is 0. The maximum absolute atomic E-state index is 9.44. The SMILES string of the molecule is C1CN1.CC(C)=O. The molecule has 2 heteroatoms. The maximum Gasteiger partial charge on any atom is 0.126 e. The molecule has 1 N–H and O–H groups in total. The van der Waals surface area contributed by atoms with Crippen LogP contribution in [0.1, 0.15) is 13.8 Å². The number of carbonyl (C=O) groups excluding carboxylic acids is 1. The van der Waals surface area contributed by atoms with Gasteiger partial charge in [-0.1, -0.05) is 0 Å². The zero-order chi connectivity index (χ0) is 5.70. The van der Waals surface area contributed by atoms with E-state index in [0.29, 0.717) is 0 Å². The Morgan fingerprint density at radius 3 is 1.57 bits per heavy atom. The third-order valence-electron chi connectivity index (χ3n) is 0.250. The molecule has 1 aliphatic rings. The molecule has 0 aromatic rings. The Labute approximate surface area is 43.9 Å². The molecule has 1 saturated heterocycles. The van der Waals surface area contributed by atoms with Gasteiger partial charge in [0.2, 0.25) is 0 Å². The van der Waals surface area contributed by atoms with Crippen molar-refractivity contribution >= 4 is 5.78 Å². The topological polar surface area (TPSA) is 39.0 Å². The van der Waals surface area contributed by atoms with Gasteiger partial charge in [0.15, 0.2) is 0 Å². The number of Topliss-reactive ketones (excluding diaryl/α,β-unsaturated/α-hetero) is 1. The van der Waals surface area contributed by atoms with Crippen LogP contribution in [0.5, 0.6) is 0 Å². The Morgan fingerprint density at radius 1 is 1.43 bits per heavy atom. The van der Waals surface area contributed by atoms with E-state index in [-0.39, 0.29) is 5.78 Å². The van der Waals surface area contributed by atoms with Crippen molar-refractivity contribution in [2.24, 2.45) is 0 Å². The van der Waals surface area contributed by atoms with E-state index in [2.05, 4.69) is 5.32 Å². The van der Waals surface area contributed by atoms with Gasteiger partial charge in [0.1, 0.15) is 5.78 Å². The zero-order valence-electron chi connectivity index (χ0n) is 4.82. The Bertz CT molecular complexity index is 52.3. The molecule has 1 rings (SSSR count). The van der Waals surface area contributed by atoms with Crippen molar-refractivity contribution in [3.05, 3.63) is 0 Å². The van der Waals surface area contributed by atoms with E-state index in [9.17, 15) is 4.79 Å². The number of hydrogen-bond acceptors (Lipinski definition) is 2. The second-order valence-corrected chi connectivity index (χ2v) is 1.66. The van der Waals surface area contributed by atoms with E-state index in [1.807, 2.05) is 0 Å². The fraction of sp³-hybridized carbons (Fsp3) is 0.800. The lowest BCUT2D eigenvalue weighted by Gasteiger charge is -1.56. The summed E-state index contributed by atoms with van der Waals surface area (Å²) in [5, 5.41) is 3.00. The molecular weight excluding hydrogens is 90.1 g/mol. The van der Waals surface area contributed by atoms with Crippen LogP contribution < -0.4 is 5.32 Å². The molecule has 0 amide bonds. The van der Waals surface area contributed by atoms with E-state index in [4.69, 9.17) is 0 Å². The molecule has 1 fully saturated rings. The van der Waals surface area contributed by atoms with Gasteiger partial charge in [-0.15, -0.1) is 0 Å². The smallest absolute Gasteiger partial charge is 0.126 e. The van der Waals surface area contributed by atoms with Crippen LogP contribution in [-0.2, 0) is 4.79 Å². The molecule has 0 saturated carbocycles. The van der Waals surface area contributed by atoms with E-state index >= 15 is 0 Å². The van der Waals surface area contributed by atoms with E-state index in [0.717, 1.165) is 0 Å². The monoisotopic (exact) mass is 101 g/mol. The average Bonchev–Trinajstić information content (AvgIpc) is 2.02. The number of carbonyl (C=O) groups is 1. The lowest BCUT2D eigenvalue weighted by atomic mass is 10.6. The second kappa shape index (κ2) is 3.81. The normalized spacial score (nSPS) is 14.0. The Kier molecular flexibility index (Phi) is 3.61. The van der Waals surface area contributed by atoms with Gasteiger partial charge in [-0.3, -0.25) is 0 Å². The molecule has 0 aromatic carbocycles. The Hall–Kier alpha value is -0.370. The van der Waals surface area contributed by atoms with Crippen molar-refractivity contribution < 1.29 is 4.79 Å². The van der Waals surface area contributed by atoms with Crippen molar-refractivity contribution in [1.29, 1.82) is 0 Å². The molecule has 1 heterocycles. The van der Waals surface area contributed by atoms with Crippen LogP contribution >= 0.6 is 0 Å². The summed E-state index contributed by atoms with van der Waals surface area (Å²) >= 11 is 0. The Morgan fingerprint density at radius 2 is 1.57 bits per heavy atom. The van der Waals surface area contributed by atoms with Crippen molar-refractivity contribution in [3.8, 4) is 0 Å². The summed E-state index contributed by atoms with van der Waals surface area (Å²) in [6, 6.07) is 0. The van der Waals surface area contributed by atoms with Gasteiger partial charge < -0.3 is 10.1 Å². The molecule has 7 heavy (non-hydrogen) atoms. The summed E-state index contributed by atoms with van der Waals surface area (Å²) in [4.78, 5) is 9.44. The first-order chi connectivity index (χ1) is 3.23. The molecular formula is C5H11NO. The quantitative estimate of drug-likeness (QED) is 0.442. The minimum atomic E-state index is 0.167. The minimum Gasteiger partial charge on any atom is -0.314 e. The molecule has 42 valence electrons. The number of ketones is 1. The van der Waals surface area contributed by atoms with Crippen LogP contribution in [0, 0.1) is 0 Å². The molecule has 0 spiro atoms. The molecule has 1 aliphatic heterocycles. The fourth-order valence-corrected chi connectivity index (χ4v) is 0.